The molecule has 1 rings (SSSR count). The number of nitrogens with zero attached hydrogens (tertiary/aromatic N) is 2. The molecule has 1 saturated heterocycles. The van der Waals surface area contributed by atoms with Gasteiger partial charge in [0.15, 0.2) is 0 Å². The zero-order valence-electron chi connectivity index (χ0n) is 12.7. The first kappa shape index (κ1) is 17.4. The van der Waals surface area contributed by atoms with Crippen LogP contribution >= 0.6 is 0 Å². The van der Waals surface area contributed by atoms with E-state index in [-0.39, 0.29) is 6.54 Å². The fraction of sp³-hybridized carbons (Fsp3) is 0.923. The third-order valence-electron chi connectivity index (χ3n) is 3.74. The summed E-state index contributed by atoms with van der Waals surface area (Å²) in [6, 6.07) is 0. The maximum Gasteiger partial charge on any atom is 0.307 e. The quantitative estimate of drug-likeness (QED) is 0.801. The van der Waals surface area contributed by atoms with Crippen molar-refractivity contribution >= 4 is 16.2 Å². The van der Waals surface area contributed by atoms with Gasteiger partial charge in [0.2, 0.25) is 0 Å². The van der Waals surface area contributed by atoms with Gasteiger partial charge in [0.1, 0.15) is 0 Å². The van der Waals surface area contributed by atoms with E-state index in [0.29, 0.717) is 31.5 Å². The highest BCUT2D eigenvalue weighted by Gasteiger charge is 2.35. The van der Waals surface area contributed by atoms with Gasteiger partial charge < -0.3 is 5.11 Å². The molecule has 0 bridgehead atoms. The predicted octanol–water partition coefficient (Wildman–Crippen LogP) is 1.25. The van der Waals surface area contributed by atoms with Crippen LogP contribution < -0.4 is 0 Å². The van der Waals surface area contributed by atoms with Crippen molar-refractivity contribution in [3.63, 3.8) is 0 Å². The third-order valence-corrected chi connectivity index (χ3v) is 5.75. The molecular formula is C13H26N2O4S. The zero-order chi connectivity index (χ0) is 15.5. The van der Waals surface area contributed by atoms with E-state index in [9.17, 15) is 13.2 Å². The van der Waals surface area contributed by atoms with Crippen molar-refractivity contribution in [3.05, 3.63) is 0 Å². The van der Waals surface area contributed by atoms with Crippen molar-refractivity contribution in [2.45, 2.75) is 34.1 Å². The van der Waals surface area contributed by atoms with E-state index in [1.165, 1.54) is 15.5 Å². The summed E-state index contributed by atoms with van der Waals surface area (Å²) >= 11 is 0. The van der Waals surface area contributed by atoms with Crippen LogP contribution in [0.2, 0.25) is 0 Å². The Balaban J connectivity index is 2.86. The van der Waals surface area contributed by atoms with Gasteiger partial charge in [-0.15, -0.1) is 0 Å². The number of aliphatic carboxylic acids is 1. The van der Waals surface area contributed by atoms with Crippen LogP contribution in [0.5, 0.6) is 0 Å². The van der Waals surface area contributed by atoms with E-state index >= 15 is 0 Å². The molecule has 118 valence electrons. The highest BCUT2D eigenvalue weighted by molar-refractivity contribution is 7.86. The Bertz CT molecular complexity index is 428. The molecule has 1 aliphatic rings. The minimum absolute atomic E-state index is 0.0213. The summed E-state index contributed by atoms with van der Waals surface area (Å²) < 4.78 is 28.0. The number of carbonyl (C=O) groups is 1. The summed E-state index contributed by atoms with van der Waals surface area (Å²) in [5.74, 6) is -1.00. The van der Waals surface area contributed by atoms with Crippen LogP contribution in [0.4, 0.5) is 0 Å². The van der Waals surface area contributed by atoms with Gasteiger partial charge in [-0.05, 0) is 18.3 Å². The van der Waals surface area contributed by atoms with Crippen LogP contribution in [0.1, 0.15) is 34.1 Å². The molecule has 0 aromatic rings. The van der Waals surface area contributed by atoms with Gasteiger partial charge in [-0.2, -0.15) is 17.0 Å². The van der Waals surface area contributed by atoms with E-state index in [1.807, 2.05) is 13.8 Å². The van der Waals surface area contributed by atoms with Crippen molar-refractivity contribution in [2.75, 3.05) is 26.2 Å². The average molecular weight is 306 g/mol. The Hall–Kier alpha value is -0.660. The number of carboxylic acid groups (broad SMARTS) is 1. The van der Waals surface area contributed by atoms with Gasteiger partial charge in [-0.3, -0.25) is 4.79 Å². The second-order valence-corrected chi connectivity index (χ2v) is 7.89. The summed E-state index contributed by atoms with van der Waals surface area (Å²) in [6.45, 7) is 8.72. The molecule has 3 unspecified atom stereocenters. The fourth-order valence-corrected chi connectivity index (χ4v) is 4.68. The first-order valence-electron chi connectivity index (χ1n) is 7.16. The molecule has 1 N–H and O–H groups in total. The number of hydrogen-bond donors (Lipinski definition) is 1. The van der Waals surface area contributed by atoms with Crippen molar-refractivity contribution in [1.82, 2.24) is 8.61 Å². The molecule has 0 aliphatic carbocycles. The topological polar surface area (TPSA) is 77.9 Å². The van der Waals surface area contributed by atoms with Crippen LogP contribution in [-0.2, 0) is 15.0 Å². The van der Waals surface area contributed by atoms with Crippen LogP contribution in [0.3, 0.4) is 0 Å². The van der Waals surface area contributed by atoms with E-state index in [2.05, 4.69) is 0 Å². The minimum atomic E-state index is -3.57. The van der Waals surface area contributed by atoms with Gasteiger partial charge in [-0.25, -0.2) is 0 Å². The van der Waals surface area contributed by atoms with Crippen LogP contribution in [-0.4, -0.2) is 54.3 Å². The highest BCUT2D eigenvalue weighted by atomic mass is 32.2. The van der Waals surface area contributed by atoms with Gasteiger partial charge >= 0.3 is 5.97 Å². The Morgan fingerprint density at radius 1 is 1.35 bits per heavy atom. The normalized spacial score (nSPS) is 26.6. The summed E-state index contributed by atoms with van der Waals surface area (Å²) in [5.41, 5.74) is 0. The maximum absolute atomic E-state index is 12.6. The first-order valence-corrected chi connectivity index (χ1v) is 8.56. The molecule has 0 aromatic carbocycles. The second kappa shape index (κ2) is 6.87. The Morgan fingerprint density at radius 2 is 1.85 bits per heavy atom. The highest BCUT2D eigenvalue weighted by Crippen LogP contribution is 2.25. The summed E-state index contributed by atoms with van der Waals surface area (Å²) in [7, 11) is -3.57. The number of carboxylic acids is 1. The van der Waals surface area contributed by atoms with Crippen molar-refractivity contribution in [2.24, 2.45) is 17.8 Å². The maximum atomic E-state index is 12.6. The van der Waals surface area contributed by atoms with Gasteiger partial charge in [0.05, 0.1) is 5.92 Å². The molecule has 7 heteroatoms. The third kappa shape index (κ3) is 4.17. The lowest BCUT2D eigenvalue weighted by molar-refractivity contribution is -0.141. The Morgan fingerprint density at radius 3 is 2.25 bits per heavy atom. The Labute approximate surface area is 121 Å². The smallest absolute Gasteiger partial charge is 0.307 e. The van der Waals surface area contributed by atoms with E-state index in [1.54, 1.807) is 6.92 Å². The van der Waals surface area contributed by atoms with Crippen molar-refractivity contribution in [3.8, 4) is 0 Å². The fourth-order valence-electron chi connectivity index (χ4n) is 2.73. The summed E-state index contributed by atoms with van der Waals surface area (Å²) in [5, 5.41) is 8.95. The lowest BCUT2D eigenvalue weighted by Crippen LogP contribution is -2.50. The van der Waals surface area contributed by atoms with Crippen molar-refractivity contribution in [1.29, 1.82) is 0 Å². The molecule has 6 nitrogen and oxygen atoms in total. The van der Waals surface area contributed by atoms with Crippen LogP contribution in [0.15, 0.2) is 0 Å². The predicted molar refractivity (Wildman–Crippen MR) is 77.5 cm³/mol. The number of rotatable bonds is 6. The molecule has 0 aromatic heterocycles. The molecule has 0 amide bonds. The lowest BCUT2D eigenvalue weighted by atomic mass is 9.94. The van der Waals surface area contributed by atoms with Crippen molar-refractivity contribution < 1.29 is 18.3 Å². The standard InChI is InChI=1S/C13H26N2O4S/c1-5-14(9-12(4)13(16)17)20(18,19)15-7-10(2)6-11(3)8-15/h10-12H,5-9H2,1-4H3,(H,16,17). The monoisotopic (exact) mass is 306 g/mol. The summed E-state index contributed by atoms with van der Waals surface area (Å²) in [4.78, 5) is 10.9. The lowest BCUT2D eigenvalue weighted by Gasteiger charge is -2.37. The molecule has 0 saturated carbocycles. The number of piperidine rings is 1. The van der Waals surface area contributed by atoms with Crippen LogP contribution in [0, 0.1) is 17.8 Å². The molecule has 0 spiro atoms. The molecule has 1 fully saturated rings. The van der Waals surface area contributed by atoms with E-state index < -0.39 is 22.1 Å². The van der Waals surface area contributed by atoms with Gasteiger partial charge in [0, 0.05) is 26.2 Å². The molecule has 0 radical (unpaired) electrons. The second-order valence-electron chi connectivity index (χ2n) is 5.96. The van der Waals surface area contributed by atoms with Crippen LogP contribution in [0.25, 0.3) is 0 Å². The SMILES string of the molecule is CCN(CC(C)C(=O)O)S(=O)(=O)N1CC(C)CC(C)C1. The first-order chi connectivity index (χ1) is 9.18. The molecule has 1 aliphatic heterocycles. The zero-order valence-corrected chi connectivity index (χ0v) is 13.6. The largest absolute Gasteiger partial charge is 0.481 e. The Kier molecular flexibility index (Phi) is 5.97. The van der Waals surface area contributed by atoms with E-state index in [4.69, 9.17) is 5.11 Å². The van der Waals surface area contributed by atoms with Gasteiger partial charge in [0.25, 0.3) is 10.2 Å². The minimum Gasteiger partial charge on any atom is -0.481 e. The molecular weight excluding hydrogens is 280 g/mol. The van der Waals surface area contributed by atoms with E-state index in [0.717, 1.165) is 6.42 Å². The molecule has 1 heterocycles. The van der Waals surface area contributed by atoms with Gasteiger partial charge in [-0.1, -0.05) is 27.7 Å². The number of hydrogen-bond acceptors (Lipinski definition) is 3. The molecule has 20 heavy (non-hydrogen) atoms. The molecule has 3 atom stereocenters. The average Bonchev–Trinajstić information content (AvgIpc) is 2.33. The summed E-state index contributed by atoms with van der Waals surface area (Å²) in [6.07, 6.45) is 1.03.